The molecule has 1 aromatic rings. The zero-order valence-electron chi connectivity index (χ0n) is 12.4. The van der Waals surface area contributed by atoms with Gasteiger partial charge in [0.2, 0.25) is 5.91 Å². The van der Waals surface area contributed by atoms with Crippen LogP contribution < -0.4 is 0 Å². The number of carbonyl (C=O) groups is 1. The van der Waals surface area contributed by atoms with Gasteiger partial charge in [-0.2, -0.15) is 0 Å². The Hall–Kier alpha value is -1.30. The van der Waals surface area contributed by atoms with Crippen LogP contribution in [0.25, 0.3) is 0 Å². The molecule has 3 rings (SSSR count). The van der Waals surface area contributed by atoms with Gasteiger partial charge in [-0.3, -0.25) is 9.00 Å². The lowest BCUT2D eigenvalue weighted by Crippen LogP contribution is -2.42. The Balaban J connectivity index is 1.62. The molecule has 0 N–H and O–H groups in total. The summed E-state index contributed by atoms with van der Waals surface area (Å²) in [4.78, 5) is 14.3. The van der Waals surface area contributed by atoms with E-state index in [2.05, 4.69) is 0 Å². The second-order valence-corrected chi connectivity index (χ2v) is 7.85. The quantitative estimate of drug-likeness (QED) is 0.855. The molecular weight excluding hydrogens is 308 g/mol. The number of carbonyl (C=O) groups excluding carboxylic acids is 1. The highest BCUT2D eigenvalue weighted by Crippen LogP contribution is 2.48. The highest BCUT2D eigenvalue weighted by atomic mass is 32.2. The standard InChI is InChI=1S/C16H19F2NO2S/c1-19(11-4-6-22(21)7-5-11)16(20)13-9-12(13)10-2-3-14(17)15(18)8-10/h2-3,8,11-13H,4-7,9H2,1H3/t11?,12-,13+,22?/m1/s1. The molecule has 120 valence electrons. The summed E-state index contributed by atoms with van der Waals surface area (Å²) in [5.41, 5.74) is 0.690. The number of benzene rings is 1. The lowest BCUT2D eigenvalue weighted by molar-refractivity contribution is -0.133. The van der Waals surface area contributed by atoms with Gasteiger partial charge >= 0.3 is 0 Å². The van der Waals surface area contributed by atoms with Gasteiger partial charge in [0.25, 0.3) is 0 Å². The number of rotatable bonds is 3. The molecule has 0 unspecified atom stereocenters. The highest BCUT2D eigenvalue weighted by molar-refractivity contribution is 7.85. The lowest BCUT2D eigenvalue weighted by atomic mass is 10.1. The summed E-state index contributed by atoms with van der Waals surface area (Å²) in [6.07, 6.45) is 2.24. The molecule has 1 saturated carbocycles. The van der Waals surface area contributed by atoms with Crippen LogP contribution in [0.1, 0.15) is 30.7 Å². The number of halogens is 2. The van der Waals surface area contributed by atoms with Gasteiger partial charge in [-0.15, -0.1) is 0 Å². The number of hydrogen-bond acceptors (Lipinski definition) is 2. The van der Waals surface area contributed by atoms with E-state index in [9.17, 15) is 17.8 Å². The van der Waals surface area contributed by atoms with Crippen molar-refractivity contribution in [3.05, 3.63) is 35.4 Å². The van der Waals surface area contributed by atoms with Crippen molar-refractivity contribution in [2.75, 3.05) is 18.6 Å². The Morgan fingerprint density at radius 2 is 1.91 bits per heavy atom. The molecule has 0 radical (unpaired) electrons. The summed E-state index contributed by atoms with van der Waals surface area (Å²) >= 11 is 0. The third kappa shape index (κ3) is 3.07. The molecule has 1 aliphatic heterocycles. The van der Waals surface area contributed by atoms with Gasteiger partial charge in [-0.05, 0) is 42.9 Å². The van der Waals surface area contributed by atoms with Crippen LogP contribution in [0.2, 0.25) is 0 Å². The van der Waals surface area contributed by atoms with Gasteiger partial charge in [0.15, 0.2) is 11.6 Å². The first-order valence-corrected chi connectivity index (χ1v) is 9.02. The van der Waals surface area contributed by atoms with Gasteiger partial charge in [-0.1, -0.05) is 6.07 Å². The molecule has 1 saturated heterocycles. The molecule has 2 aliphatic rings. The van der Waals surface area contributed by atoms with E-state index < -0.39 is 22.4 Å². The molecule has 22 heavy (non-hydrogen) atoms. The summed E-state index contributed by atoms with van der Waals surface area (Å²) in [5.74, 6) is -0.505. The first-order chi connectivity index (χ1) is 10.5. The molecule has 0 bridgehead atoms. The van der Waals surface area contributed by atoms with Crippen molar-refractivity contribution in [1.29, 1.82) is 0 Å². The molecular formula is C16H19F2NO2S. The predicted molar refractivity (Wildman–Crippen MR) is 80.9 cm³/mol. The van der Waals surface area contributed by atoms with Gasteiger partial charge in [-0.25, -0.2) is 8.78 Å². The van der Waals surface area contributed by atoms with E-state index in [1.54, 1.807) is 18.0 Å². The van der Waals surface area contributed by atoms with Crippen molar-refractivity contribution in [1.82, 2.24) is 4.90 Å². The Labute approximate surface area is 131 Å². The fraction of sp³-hybridized carbons (Fsp3) is 0.562. The summed E-state index contributed by atoms with van der Waals surface area (Å²) in [6, 6.07) is 4.01. The zero-order chi connectivity index (χ0) is 15.9. The first kappa shape index (κ1) is 15.6. The molecule has 0 spiro atoms. The minimum atomic E-state index is -0.862. The van der Waals surface area contributed by atoms with Crippen LogP contribution in [0.4, 0.5) is 8.78 Å². The fourth-order valence-electron chi connectivity index (χ4n) is 3.19. The number of amides is 1. The van der Waals surface area contributed by atoms with Crippen molar-refractivity contribution >= 4 is 16.7 Å². The minimum absolute atomic E-state index is 0.0113. The van der Waals surface area contributed by atoms with E-state index in [4.69, 9.17) is 0 Å². The maximum Gasteiger partial charge on any atom is 0.226 e. The average Bonchev–Trinajstić information content (AvgIpc) is 3.30. The van der Waals surface area contributed by atoms with Crippen molar-refractivity contribution in [3.63, 3.8) is 0 Å². The Bertz CT molecular complexity index is 612. The fourth-order valence-corrected chi connectivity index (χ4v) is 4.46. The first-order valence-electron chi connectivity index (χ1n) is 7.54. The van der Waals surface area contributed by atoms with Crippen LogP contribution in [0.5, 0.6) is 0 Å². The molecule has 1 amide bonds. The van der Waals surface area contributed by atoms with Crippen LogP contribution in [0.3, 0.4) is 0 Å². The SMILES string of the molecule is CN(C(=O)[C@H]1C[C@@H]1c1ccc(F)c(F)c1)C1CCS(=O)CC1. The molecule has 2 atom stereocenters. The molecule has 0 aromatic heterocycles. The Kier molecular flexibility index (Phi) is 4.30. The van der Waals surface area contributed by atoms with Gasteiger partial charge in [0.1, 0.15) is 0 Å². The maximum absolute atomic E-state index is 13.3. The molecule has 1 aliphatic carbocycles. The molecule has 1 aromatic carbocycles. The number of hydrogen-bond donors (Lipinski definition) is 0. The minimum Gasteiger partial charge on any atom is -0.342 e. The van der Waals surface area contributed by atoms with Crippen molar-refractivity contribution in [2.45, 2.75) is 31.2 Å². The highest BCUT2D eigenvalue weighted by Gasteiger charge is 2.46. The van der Waals surface area contributed by atoms with Crippen LogP contribution >= 0.6 is 0 Å². The van der Waals surface area contributed by atoms with E-state index in [1.165, 1.54) is 6.07 Å². The van der Waals surface area contributed by atoms with E-state index in [0.29, 0.717) is 23.5 Å². The van der Waals surface area contributed by atoms with E-state index in [0.717, 1.165) is 18.9 Å². The van der Waals surface area contributed by atoms with Gasteiger partial charge in [0, 0.05) is 41.3 Å². The van der Waals surface area contributed by atoms with Crippen LogP contribution in [0.15, 0.2) is 18.2 Å². The second kappa shape index (κ2) is 6.07. The molecule has 6 heteroatoms. The smallest absolute Gasteiger partial charge is 0.226 e. The average molecular weight is 327 g/mol. The van der Waals surface area contributed by atoms with Gasteiger partial charge < -0.3 is 4.90 Å². The number of nitrogens with zero attached hydrogens (tertiary/aromatic N) is 1. The van der Waals surface area contributed by atoms with E-state index in [1.807, 2.05) is 0 Å². The predicted octanol–water partition coefficient (Wildman–Crippen LogP) is 2.44. The van der Waals surface area contributed by atoms with Crippen molar-refractivity contribution in [2.24, 2.45) is 5.92 Å². The monoisotopic (exact) mass is 327 g/mol. The van der Waals surface area contributed by atoms with Crippen LogP contribution in [-0.4, -0.2) is 39.6 Å². The summed E-state index contributed by atoms with van der Waals surface area (Å²) in [7, 11) is 1.05. The molecule has 2 fully saturated rings. The second-order valence-electron chi connectivity index (χ2n) is 6.15. The van der Waals surface area contributed by atoms with Crippen molar-refractivity contribution < 1.29 is 17.8 Å². The lowest BCUT2D eigenvalue weighted by Gasteiger charge is -2.31. The topological polar surface area (TPSA) is 37.4 Å². The third-order valence-corrected chi connectivity index (χ3v) is 6.11. The zero-order valence-corrected chi connectivity index (χ0v) is 13.2. The van der Waals surface area contributed by atoms with Crippen molar-refractivity contribution in [3.8, 4) is 0 Å². The third-order valence-electron chi connectivity index (χ3n) is 4.73. The van der Waals surface area contributed by atoms with E-state index >= 15 is 0 Å². The summed E-state index contributed by atoms with van der Waals surface area (Å²) < 4.78 is 37.6. The van der Waals surface area contributed by atoms with Gasteiger partial charge in [0.05, 0.1) is 0 Å². The normalized spacial score (nSPS) is 30.9. The van der Waals surface area contributed by atoms with Crippen LogP contribution in [0, 0.1) is 17.6 Å². The van der Waals surface area contributed by atoms with E-state index in [-0.39, 0.29) is 23.8 Å². The van der Waals surface area contributed by atoms with Crippen LogP contribution in [-0.2, 0) is 15.6 Å². The summed E-state index contributed by atoms with van der Waals surface area (Å²) in [6.45, 7) is 0. The molecule has 3 nitrogen and oxygen atoms in total. The Morgan fingerprint density at radius 3 is 2.55 bits per heavy atom. The maximum atomic E-state index is 13.3. The Morgan fingerprint density at radius 1 is 1.23 bits per heavy atom. The molecule has 1 heterocycles. The largest absolute Gasteiger partial charge is 0.342 e. The summed E-state index contributed by atoms with van der Waals surface area (Å²) in [5, 5.41) is 0.